The molecular weight excluding hydrogens is 384 g/mol. The van der Waals surface area contributed by atoms with E-state index >= 15 is 0 Å². The Kier molecular flexibility index (Phi) is 7.55. The molecule has 148 valence electrons. The standard InChI is InChI=1S/C19H26N2O4S2/c1-13(2)18(17-6-5-11-26-17)20-19(22)15-7-9-16(10-8-15)27(23,24)21-14(3)12-25-4/h5-11,13-14,18,21H,12H2,1-4H3,(H,20,22)/t14-,18-/m0/s1. The Bertz CT molecular complexity index is 831. The molecule has 1 heterocycles. The van der Waals surface area contributed by atoms with Crippen molar-refractivity contribution >= 4 is 27.3 Å². The second-order valence-corrected chi connectivity index (χ2v) is 9.41. The highest BCUT2D eigenvalue weighted by molar-refractivity contribution is 7.89. The minimum absolute atomic E-state index is 0.0857. The molecule has 27 heavy (non-hydrogen) atoms. The molecule has 0 aliphatic carbocycles. The fourth-order valence-corrected chi connectivity index (χ4v) is 4.84. The first-order valence-electron chi connectivity index (χ1n) is 8.70. The Morgan fingerprint density at radius 1 is 1.15 bits per heavy atom. The number of nitrogens with one attached hydrogen (secondary N) is 2. The third kappa shape index (κ3) is 5.87. The number of benzene rings is 1. The summed E-state index contributed by atoms with van der Waals surface area (Å²) in [5.41, 5.74) is 0.418. The highest BCUT2D eigenvalue weighted by Crippen LogP contribution is 2.26. The molecule has 0 aliphatic heterocycles. The molecule has 0 aliphatic rings. The van der Waals surface area contributed by atoms with Gasteiger partial charge < -0.3 is 10.1 Å². The van der Waals surface area contributed by atoms with E-state index in [9.17, 15) is 13.2 Å². The van der Waals surface area contributed by atoms with Crippen LogP contribution in [0.4, 0.5) is 0 Å². The van der Waals surface area contributed by atoms with Crippen molar-refractivity contribution in [3.8, 4) is 0 Å². The smallest absolute Gasteiger partial charge is 0.251 e. The molecular formula is C19H26N2O4S2. The van der Waals surface area contributed by atoms with Crippen molar-refractivity contribution in [2.75, 3.05) is 13.7 Å². The van der Waals surface area contributed by atoms with Gasteiger partial charge in [-0.3, -0.25) is 4.79 Å². The summed E-state index contributed by atoms with van der Waals surface area (Å²) in [6.07, 6.45) is 0. The van der Waals surface area contributed by atoms with Crippen LogP contribution in [-0.4, -0.2) is 34.1 Å². The van der Waals surface area contributed by atoms with E-state index < -0.39 is 10.0 Å². The SMILES string of the molecule is COC[C@H](C)NS(=O)(=O)c1ccc(C(=O)N[C@H](c2cccs2)C(C)C)cc1. The van der Waals surface area contributed by atoms with Crippen LogP contribution in [0, 0.1) is 5.92 Å². The molecule has 0 radical (unpaired) electrons. The summed E-state index contributed by atoms with van der Waals surface area (Å²) in [5, 5.41) is 5.01. The number of amides is 1. The van der Waals surface area contributed by atoms with Crippen molar-refractivity contribution in [2.24, 2.45) is 5.92 Å². The minimum atomic E-state index is -3.66. The van der Waals surface area contributed by atoms with Crippen LogP contribution in [0.2, 0.25) is 0 Å². The van der Waals surface area contributed by atoms with E-state index in [0.29, 0.717) is 5.56 Å². The summed E-state index contributed by atoms with van der Waals surface area (Å²) < 4.78 is 32.2. The van der Waals surface area contributed by atoms with Crippen LogP contribution >= 0.6 is 11.3 Å². The zero-order valence-corrected chi connectivity index (χ0v) is 17.6. The maximum Gasteiger partial charge on any atom is 0.251 e. The van der Waals surface area contributed by atoms with Gasteiger partial charge in [-0.2, -0.15) is 0 Å². The van der Waals surface area contributed by atoms with Gasteiger partial charge >= 0.3 is 0 Å². The lowest BCUT2D eigenvalue weighted by atomic mass is 10.0. The van der Waals surface area contributed by atoms with Gasteiger partial charge in [-0.15, -0.1) is 11.3 Å². The Hall–Kier alpha value is -1.74. The largest absolute Gasteiger partial charge is 0.383 e. The summed E-state index contributed by atoms with van der Waals surface area (Å²) in [4.78, 5) is 13.8. The first-order chi connectivity index (χ1) is 12.7. The molecule has 0 spiro atoms. The number of thiophene rings is 1. The van der Waals surface area contributed by atoms with Gasteiger partial charge in [0.05, 0.1) is 17.5 Å². The fourth-order valence-electron chi connectivity index (χ4n) is 2.66. The van der Waals surface area contributed by atoms with Crippen LogP contribution in [0.1, 0.15) is 42.0 Å². The predicted octanol–water partition coefficient (Wildman–Crippen LogP) is 3.19. The number of methoxy groups -OCH3 is 1. The molecule has 2 aromatic rings. The normalized spacial score (nSPS) is 14.1. The average molecular weight is 411 g/mol. The summed E-state index contributed by atoms with van der Waals surface area (Å²) in [6, 6.07) is 9.45. The molecule has 6 nitrogen and oxygen atoms in total. The third-order valence-corrected chi connectivity index (χ3v) is 6.56. The topological polar surface area (TPSA) is 84.5 Å². The number of sulfonamides is 1. The van der Waals surface area contributed by atoms with Crippen LogP contribution in [0.25, 0.3) is 0 Å². The lowest BCUT2D eigenvalue weighted by Gasteiger charge is -2.21. The second-order valence-electron chi connectivity index (χ2n) is 6.71. The molecule has 0 saturated heterocycles. The molecule has 2 N–H and O–H groups in total. The van der Waals surface area contributed by atoms with Crippen LogP contribution in [-0.2, 0) is 14.8 Å². The first-order valence-corrected chi connectivity index (χ1v) is 11.1. The van der Waals surface area contributed by atoms with E-state index in [1.54, 1.807) is 18.3 Å². The van der Waals surface area contributed by atoms with E-state index in [-0.39, 0.29) is 35.4 Å². The van der Waals surface area contributed by atoms with Crippen molar-refractivity contribution in [2.45, 2.75) is 37.8 Å². The van der Waals surface area contributed by atoms with E-state index in [1.807, 2.05) is 31.4 Å². The van der Waals surface area contributed by atoms with Crippen molar-refractivity contribution in [3.63, 3.8) is 0 Å². The lowest BCUT2D eigenvalue weighted by molar-refractivity contribution is 0.0926. The van der Waals surface area contributed by atoms with Gasteiger partial charge in [-0.25, -0.2) is 13.1 Å². The highest BCUT2D eigenvalue weighted by atomic mass is 32.2. The van der Waals surface area contributed by atoms with E-state index in [1.165, 1.54) is 31.4 Å². The van der Waals surface area contributed by atoms with Gasteiger partial charge in [0.25, 0.3) is 5.91 Å². The molecule has 1 aromatic carbocycles. The quantitative estimate of drug-likeness (QED) is 0.665. The van der Waals surface area contributed by atoms with Gasteiger partial charge in [0, 0.05) is 23.6 Å². The molecule has 0 bridgehead atoms. The van der Waals surface area contributed by atoms with Gasteiger partial charge in [0.1, 0.15) is 0 Å². The molecule has 8 heteroatoms. The molecule has 2 atom stereocenters. The van der Waals surface area contributed by atoms with E-state index in [2.05, 4.69) is 10.0 Å². The van der Waals surface area contributed by atoms with Crippen molar-refractivity contribution < 1.29 is 17.9 Å². The zero-order chi connectivity index (χ0) is 20.0. The van der Waals surface area contributed by atoms with Crippen LogP contribution < -0.4 is 10.0 Å². The summed E-state index contributed by atoms with van der Waals surface area (Å²) in [6.45, 7) is 6.10. The van der Waals surface area contributed by atoms with Crippen molar-refractivity contribution in [1.29, 1.82) is 0 Å². The highest BCUT2D eigenvalue weighted by Gasteiger charge is 2.21. The Morgan fingerprint density at radius 2 is 1.81 bits per heavy atom. The molecule has 1 amide bonds. The van der Waals surface area contributed by atoms with Crippen LogP contribution in [0.3, 0.4) is 0 Å². The number of rotatable bonds is 9. The average Bonchev–Trinajstić information content (AvgIpc) is 3.13. The summed E-state index contributed by atoms with van der Waals surface area (Å²) in [7, 11) is -2.14. The van der Waals surface area contributed by atoms with Gasteiger partial charge in [-0.05, 0) is 48.6 Å². The number of ether oxygens (including phenoxy) is 1. The lowest BCUT2D eigenvalue weighted by Crippen LogP contribution is -2.35. The van der Waals surface area contributed by atoms with Gasteiger partial charge in [0.15, 0.2) is 0 Å². The maximum absolute atomic E-state index is 12.6. The third-order valence-electron chi connectivity index (χ3n) is 4.00. The Morgan fingerprint density at radius 3 is 2.33 bits per heavy atom. The Balaban J connectivity index is 2.11. The summed E-state index contributed by atoms with van der Waals surface area (Å²) in [5.74, 6) is 0.00508. The zero-order valence-electron chi connectivity index (χ0n) is 15.9. The second kappa shape index (κ2) is 9.45. The first kappa shape index (κ1) is 21.6. The van der Waals surface area contributed by atoms with Gasteiger partial charge in [0.2, 0.25) is 10.0 Å². The van der Waals surface area contributed by atoms with Crippen molar-refractivity contribution in [3.05, 3.63) is 52.2 Å². The summed E-state index contributed by atoms with van der Waals surface area (Å²) >= 11 is 1.60. The number of carbonyl (C=O) groups is 1. The molecule has 1 aromatic heterocycles. The van der Waals surface area contributed by atoms with Gasteiger partial charge in [-0.1, -0.05) is 19.9 Å². The minimum Gasteiger partial charge on any atom is -0.383 e. The molecule has 0 fully saturated rings. The van der Waals surface area contributed by atoms with Crippen molar-refractivity contribution in [1.82, 2.24) is 10.0 Å². The number of carbonyl (C=O) groups excluding carboxylic acids is 1. The van der Waals surface area contributed by atoms with E-state index in [4.69, 9.17) is 4.74 Å². The maximum atomic E-state index is 12.6. The molecule has 0 saturated carbocycles. The monoisotopic (exact) mass is 410 g/mol. The van der Waals surface area contributed by atoms with Crippen LogP contribution in [0.15, 0.2) is 46.7 Å². The number of hydrogen-bond acceptors (Lipinski definition) is 5. The van der Waals surface area contributed by atoms with Crippen LogP contribution in [0.5, 0.6) is 0 Å². The predicted molar refractivity (Wildman–Crippen MR) is 107 cm³/mol. The molecule has 2 rings (SSSR count). The van der Waals surface area contributed by atoms with E-state index in [0.717, 1.165) is 4.88 Å². The molecule has 0 unspecified atom stereocenters. The Labute approximate surface area is 165 Å². The fraction of sp³-hybridized carbons (Fsp3) is 0.421. The number of hydrogen-bond donors (Lipinski definition) is 2.